The van der Waals surface area contributed by atoms with Gasteiger partial charge in [0.05, 0.1) is 4.92 Å². The molecule has 4 rings (SSSR count). The topological polar surface area (TPSA) is 99.6 Å². The highest BCUT2D eigenvalue weighted by Crippen LogP contribution is 2.27. The highest BCUT2D eigenvalue weighted by atomic mass is 16.6. The molecule has 30 heavy (non-hydrogen) atoms. The summed E-state index contributed by atoms with van der Waals surface area (Å²) in [6, 6.07) is 18.3. The predicted molar refractivity (Wildman–Crippen MR) is 112 cm³/mol. The Morgan fingerprint density at radius 2 is 1.83 bits per heavy atom. The average Bonchev–Trinajstić information content (AvgIpc) is 2.75. The molecule has 0 aliphatic rings. The maximum Gasteiger partial charge on any atom is 0.336 e. The molecule has 0 unspecified atom stereocenters. The molecule has 0 amide bonds. The van der Waals surface area contributed by atoms with Crippen LogP contribution in [0.1, 0.15) is 11.1 Å². The lowest BCUT2D eigenvalue weighted by atomic mass is 10.0. The quantitative estimate of drug-likeness (QED) is 0.121. The van der Waals surface area contributed by atoms with Crippen LogP contribution in [-0.4, -0.2) is 10.9 Å². The van der Waals surface area contributed by atoms with E-state index >= 15 is 0 Å². The van der Waals surface area contributed by atoms with Gasteiger partial charge in [0, 0.05) is 35.2 Å². The van der Waals surface area contributed by atoms with E-state index in [9.17, 15) is 19.7 Å². The summed E-state index contributed by atoms with van der Waals surface area (Å²) >= 11 is 0. The van der Waals surface area contributed by atoms with Crippen LogP contribution in [0.25, 0.3) is 27.8 Å². The van der Waals surface area contributed by atoms with Gasteiger partial charge in [0.15, 0.2) is 0 Å². The van der Waals surface area contributed by atoms with Gasteiger partial charge in [0.2, 0.25) is 0 Å². The molecule has 148 valence electrons. The molecule has 0 N–H and O–H groups in total. The monoisotopic (exact) mass is 401 g/mol. The molecule has 3 aromatic carbocycles. The molecule has 0 saturated carbocycles. The first kappa shape index (κ1) is 19.1. The number of carbonyl (C=O) groups is 1. The summed E-state index contributed by atoms with van der Waals surface area (Å²) in [5.41, 5.74) is 1.04. The van der Waals surface area contributed by atoms with E-state index in [1.54, 1.807) is 6.07 Å². The number of esters is 1. The summed E-state index contributed by atoms with van der Waals surface area (Å²) < 4.78 is 10.6. The summed E-state index contributed by atoms with van der Waals surface area (Å²) in [6.45, 7) is -0.0977. The number of rotatable bonds is 5. The van der Waals surface area contributed by atoms with Crippen LogP contribution < -0.4 is 5.63 Å². The largest absolute Gasteiger partial charge is 0.458 e. The van der Waals surface area contributed by atoms with Crippen molar-refractivity contribution in [1.82, 2.24) is 0 Å². The fraction of sp³-hybridized carbons (Fsp3) is 0.0435. The molecule has 1 aromatic heterocycles. The molecular weight excluding hydrogens is 386 g/mol. The zero-order chi connectivity index (χ0) is 21.1. The van der Waals surface area contributed by atoms with E-state index in [-0.39, 0.29) is 12.3 Å². The van der Waals surface area contributed by atoms with Crippen molar-refractivity contribution < 1.29 is 18.9 Å². The first-order chi connectivity index (χ1) is 14.5. The fourth-order valence-corrected chi connectivity index (χ4v) is 3.20. The van der Waals surface area contributed by atoms with E-state index in [1.165, 1.54) is 42.5 Å². The molecule has 0 atom stereocenters. The lowest BCUT2D eigenvalue weighted by Gasteiger charge is -2.08. The third kappa shape index (κ3) is 3.95. The van der Waals surface area contributed by atoms with Gasteiger partial charge in [-0.3, -0.25) is 10.1 Å². The van der Waals surface area contributed by atoms with Gasteiger partial charge >= 0.3 is 11.6 Å². The van der Waals surface area contributed by atoms with Crippen LogP contribution in [0, 0.1) is 10.1 Å². The smallest absolute Gasteiger partial charge is 0.336 e. The number of carbonyl (C=O) groups excluding carboxylic acids is 1. The third-order valence-electron chi connectivity index (χ3n) is 4.60. The Kier molecular flexibility index (Phi) is 5.09. The summed E-state index contributed by atoms with van der Waals surface area (Å²) in [7, 11) is 0. The number of fused-ring (bicyclic) bond motifs is 3. The minimum Gasteiger partial charge on any atom is -0.458 e. The molecule has 0 fully saturated rings. The van der Waals surface area contributed by atoms with Crippen molar-refractivity contribution in [2.24, 2.45) is 0 Å². The SMILES string of the molecule is O=C(/C=C/c1ccc([N+](=O)[O-])cc1)OCc1cc(=O)oc2ccc3ccccc3c12. The molecule has 4 aromatic rings. The van der Waals surface area contributed by atoms with Crippen LogP contribution in [0.5, 0.6) is 0 Å². The molecule has 0 aliphatic heterocycles. The predicted octanol–water partition coefficient (Wildman–Crippen LogP) is 4.61. The van der Waals surface area contributed by atoms with Gasteiger partial charge in [-0.15, -0.1) is 0 Å². The summed E-state index contributed by atoms with van der Waals surface area (Å²) in [6.07, 6.45) is 2.73. The molecule has 0 spiro atoms. The Morgan fingerprint density at radius 1 is 1.07 bits per heavy atom. The highest BCUT2D eigenvalue weighted by molar-refractivity contribution is 6.07. The molecule has 0 bridgehead atoms. The zero-order valence-electron chi connectivity index (χ0n) is 15.6. The highest BCUT2D eigenvalue weighted by Gasteiger charge is 2.11. The lowest BCUT2D eigenvalue weighted by molar-refractivity contribution is -0.384. The normalized spacial score (nSPS) is 11.2. The van der Waals surface area contributed by atoms with Crippen molar-refractivity contribution in [2.75, 3.05) is 0 Å². The first-order valence-electron chi connectivity index (χ1n) is 9.05. The average molecular weight is 401 g/mol. The van der Waals surface area contributed by atoms with Crippen molar-refractivity contribution in [3.8, 4) is 0 Å². The Hall–Kier alpha value is -4.26. The minimum absolute atomic E-state index is 0.0308. The third-order valence-corrected chi connectivity index (χ3v) is 4.60. The van der Waals surface area contributed by atoms with Crippen molar-refractivity contribution >= 4 is 39.5 Å². The second-order valence-electron chi connectivity index (χ2n) is 6.54. The Bertz CT molecular complexity index is 1350. The van der Waals surface area contributed by atoms with E-state index < -0.39 is 16.5 Å². The number of nitrogens with zero attached hydrogens (tertiary/aromatic N) is 1. The molecular formula is C23H15NO6. The van der Waals surface area contributed by atoms with Crippen LogP contribution >= 0.6 is 0 Å². The number of nitro benzene ring substituents is 1. The van der Waals surface area contributed by atoms with Gasteiger partial charge in [0.25, 0.3) is 5.69 Å². The van der Waals surface area contributed by atoms with Crippen LogP contribution in [0.3, 0.4) is 0 Å². The van der Waals surface area contributed by atoms with Crippen LogP contribution in [0.15, 0.2) is 82.0 Å². The maximum atomic E-state index is 12.1. The second kappa shape index (κ2) is 8.00. The van der Waals surface area contributed by atoms with Crippen LogP contribution in [0.2, 0.25) is 0 Å². The van der Waals surface area contributed by atoms with Gasteiger partial charge in [-0.05, 0) is 40.6 Å². The number of benzene rings is 3. The van der Waals surface area contributed by atoms with Crippen molar-refractivity contribution in [1.29, 1.82) is 0 Å². The van der Waals surface area contributed by atoms with Gasteiger partial charge < -0.3 is 9.15 Å². The first-order valence-corrected chi connectivity index (χ1v) is 9.05. The number of hydrogen-bond donors (Lipinski definition) is 0. The number of ether oxygens (including phenoxy) is 1. The van der Waals surface area contributed by atoms with Crippen molar-refractivity contribution in [3.63, 3.8) is 0 Å². The molecule has 0 radical (unpaired) electrons. The van der Waals surface area contributed by atoms with Crippen LogP contribution in [-0.2, 0) is 16.1 Å². The van der Waals surface area contributed by atoms with Crippen molar-refractivity contribution in [3.05, 3.63) is 104 Å². The summed E-state index contributed by atoms with van der Waals surface area (Å²) in [5, 5.41) is 13.3. The van der Waals surface area contributed by atoms with Gasteiger partial charge in [-0.25, -0.2) is 9.59 Å². The molecule has 0 saturated heterocycles. The Balaban J connectivity index is 1.56. The van der Waals surface area contributed by atoms with Gasteiger partial charge in [-0.2, -0.15) is 0 Å². The van der Waals surface area contributed by atoms with Crippen molar-refractivity contribution in [2.45, 2.75) is 6.61 Å². The number of hydrogen-bond acceptors (Lipinski definition) is 6. The second-order valence-corrected chi connectivity index (χ2v) is 6.54. The van der Waals surface area contributed by atoms with E-state index in [0.29, 0.717) is 16.7 Å². The van der Waals surface area contributed by atoms with E-state index in [4.69, 9.17) is 9.15 Å². The minimum atomic E-state index is -0.602. The molecule has 7 heteroatoms. The molecule has 1 heterocycles. The van der Waals surface area contributed by atoms with Crippen LogP contribution in [0.4, 0.5) is 5.69 Å². The standard InChI is InChI=1S/C23H15NO6/c25-21(12-7-15-5-9-18(10-6-15)24(27)28)29-14-17-13-22(26)30-20-11-8-16-3-1-2-4-19(16)23(17)20/h1-13H,14H2/b12-7+. The van der Waals surface area contributed by atoms with E-state index in [1.807, 2.05) is 30.3 Å². The summed E-state index contributed by atoms with van der Waals surface area (Å²) in [4.78, 5) is 34.2. The Labute approximate surface area is 170 Å². The molecule has 7 nitrogen and oxygen atoms in total. The maximum absolute atomic E-state index is 12.1. The van der Waals surface area contributed by atoms with Gasteiger partial charge in [-0.1, -0.05) is 30.3 Å². The Morgan fingerprint density at radius 3 is 2.60 bits per heavy atom. The van der Waals surface area contributed by atoms with E-state index in [0.717, 1.165) is 16.2 Å². The van der Waals surface area contributed by atoms with Gasteiger partial charge in [0.1, 0.15) is 12.2 Å². The fourth-order valence-electron chi connectivity index (χ4n) is 3.20. The number of nitro groups is 1. The molecule has 0 aliphatic carbocycles. The van der Waals surface area contributed by atoms with E-state index in [2.05, 4.69) is 0 Å². The zero-order valence-corrected chi connectivity index (χ0v) is 15.6. The summed E-state index contributed by atoms with van der Waals surface area (Å²) in [5.74, 6) is -0.602. The number of non-ortho nitro benzene ring substituents is 1. The lowest BCUT2D eigenvalue weighted by Crippen LogP contribution is -2.06.